The highest BCUT2D eigenvalue weighted by Gasteiger charge is 2.12. The highest BCUT2D eigenvalue weighted by atomic mass is 79.9. The zero-order valence-corrected chi connectivity index (χ0v) is 14.9. The zero-order chi connectivity index (χ0) is 18.2. The van der Waals surface area contributed by atoms with Gasteiger partial charge in [0.1, 0.15) is 0 Å². The lowest BCUT2D eigenvalue weighted by atomic mass is 10.2. The van der Waals surface area contributed by atoms with Crippen LogP contribution in [0.5, 0.6) is 11.5 Å². The second kappa shape index (κ2) is 8.84. The summed E-state index contributed by atoms with van der Waals surface area (Å²) in [6.45, 7) is 2.20. The molecule has 0 atom stereocenters. The molecule has 0 aliphatic rings. The lowest BCUT2D eigenvalue weighted by molar-refractivity contribution is -0.136. The number of phenolic OH excluding ortho intramolecular Hbond substituents is 1. The van der Waals surface area contributed by atoms with Crippen molar-refractivity contribution in [1.29, 1.82) is 0 Å². The summed E-state index contributed by atoms with van der Waals surface area (Å²) in [6, 6.07) is 11.5. The van der Waals surface area contributed by atoms with Gasteiger partial charge in [-0.25, -0.2) is 5.43 Å². The lowest BCUT2D eigenvalue weighted by Gasteiger charge is -2.06. The number of phenols is 1. The van der Waals surface area contributed by atoms with Crippen molar-refractivity contribution in [2.75, 3.05) is 11.9 Å². The Kier molecular flexibility index (Phi) is 6.53. The summed E-state index contributed by atoms with van der Waals surface area (Å²) >= 11 is 3.28. The maximum atomic E-state index is 11.8. The Balaban J connectivity index is 1.93. The molecule has 0 saturated carbocycles. The number of carbonyl (C=O) groups excluding carboxylic acids is 2. The largest absolute Gasteiger partial charge is 0.504 e. The fourth-order valence-corrected chi connectivity index (χ4v) is 2.25. The second-order valence-corrected chi connectivity index (χ2v) is 5.74. The van der Waals surface area contributed by atoms with Crippen molar-refractivity contribution in [1.82, 2.24) is 5.43 Å². The number of rotatable bonds is 5. The SMILES string of the molecule is CCOc1cc(/C=N/NC(=O)C(=O)Nc2cccc(Br)c2)ccc1O. The Morgan fingerprint density at radius 3 is 2.76 bits per heavy atom. The minimum atomic E-state index is -0.903. The van der Waals surface area contributed by atoms with Gasteiger partial charge in [-0.1, -0.05) is 22.0 Å². The van der Waals surface area contributed by atoms with Crippen molar-refractivity contribution in [3.63, 3.8) is 0 Å². The zero-order valence-electron chi connectivity index (χ0n) is 13.3. The number of ether oxygens (including phenoxy) is 1. The van der Waals surface area contributed by atoms with E-state index in [1.807, 2.05) is 0 Å². The standard InChI is InChI=1S/C17H16BrN3O4/c1-2-25-15-8-11(6-7-14(15)22)10-19-21-17(24)16(23)20-13-5-3-4-12(18)9-13/h3-10,22H,2H2,1H3,(H,20,23)(H,21,24)/b19-10+. The Morgan fingerprint density at radius 2 is 2.04 bits per heavy atom. The Labute approximate surface area is 152 Å². The number of hydrazone groups is 1. The van der Waals surface area contributed by atoms with E-state index >= 15 is 0 Å². The first kappa shape index (κ1) is 18.5. The maximum Gasteiger partial charge on any atom is 0.329 e. The van der Waals surface area contributed by atoms with Crippen LogP contribution in [0.3, 0.4) is 0 Å². The van der Waals surface area contributed by atoms with E-state index < -0.39 is 11.8 Å². The van der Waals surface area contributed by atoms with E-state index in [4.69, 9.17) is 4.74 Å². The monoisotopic (exact) mass is 405 g/mol. The van der Waals surface area contributed by atoms with E-state index in [9.17, 15) is 14.7 Å². The first-order valence-corrected chi connectivity index (χ1v) is 8.14. The van der Waals surface area contributed by atoms with Crippen molar-refractivity contribution in [3.05, 3.63) is 52.5 Å². The molecule has 2 rings (SSSR count). The first-order chi connectivity index (χ1) is 12.0. The van der Waals surface area contributed by atoms with Crippen molar-refractivity contribution in [2.45, 2.75) is 6.92 Å². The van der Waals surface area contributed by atoms with Crippen LogP contribution in [0, 0.1) is 0 Å². The van der Waals surface area contributed by atoms with Crippen molar-refractivity contribution in [3.8, 4) is 11.5 Å². The van der Waals surface area contributed by atoms with Crippen LogP contribution in [0.15, 0.2) is 52.0 Å². The van der Waals surface area contributed by atoms with Gasteiger partial charge in [-0.05, 0) is 48.9 Å². The minimum Gasteiger partial charge on any atom is -0.504 e. The number of halogens is 1. The van der Waals surface area contributed by atoms with Gasteiger partial charge in [0.25, 0.3) is 0 Å². The number of nitrogens with one attached hydrogen (secondary N) is 2. The molecule has 2 aromatic rings. The van der Waals surface area contributed by atoms with Crippen LogP contribution < -0.4 is 15.5 Å². The number of hydrogen-bond acceptors (Lipinski definition) is 5. The summed E-state index contributed by atoms with van der Waals surface area (Å²) in [5.74, 6) is -1.42. The predicted molar refractivity (Wildman–Crippen MR) is 97.8 cm³/mol. The average Bonchev–Trinajstić information content (AvgIpc) is 2.58. The average molecular weight is 406 g/mol. The Morgan fingerprint density at radius 1 is 1.24 bits per heavy atom. The smallest absolute Gasteiger partial charge is 0.329 e. The summed E-state index contributed by atoms with van der Waals surface area (Å²) in [5, 5.41) is 15.8. The molecule has 3 N–H and O–H groups in total. The van der Waals surface area contributed by atoms with Crippen LogP contribution in [-0.4, -0.2) is 29.7 Å². The molecule has 25 heavy (non-hydrogen) atoms. The molecule has 0 aliphatic carbocycles. The molecule has 0 saturated heterocycles. The van der Waals surface area contributed by atoms with E-state index in [1.165, 1.54) is 12.3 Å². The van der Waals surface area contributed by atoms with Crippen LogP contribution in [-0.2, 0) is 9.59 Å². The molecule has 0 heterocycles. The van der Waals surface area contributed by atoms with Crippen molar-refractivity contribution >= 4 is 39.6 Å². The quantitative estimate of drug-likeness (QED) is 0.404. The van der Waals surface area contributed by atoms with Gasteiger partial charge in [0.15, 0.2) is 11.5 Å². The Hall–Kier alpha value is -2.87. The summed E-state index contributed by atoms with van der Waals surface area (Å²) in [6.07, 6.45) is 1.34. The van der Waals surface area contributed by atoms with E-state index in [1.54, 1.807) is 43.3 Å². The molecular formula is C17H16BrN3O4. The van der Waals surface area contributed by atoms with Crippen LogP contribution in [0.1, 0.15) is 12.5 Å². The van der Waals surface area contributed by atoms with Crippen LogP contribution in [0.25, 0.3) is 0 Å². The highest BCUT2D eigenvalue weighted by Crippen LogP contribution is 2.26. The molecule has 2 aromatic carbocycles. The first-order valence-electron chi connectivity index (χ1n) is 7.35. The van der Waals surface area contributed by atoms with Gasteiger partial charge in [-0.2, -0.15) is 5.10 Å². The molecular weight excluding hydrogens is 390 g/mol. The van der Waals surface area contributed by atoms with Crippen LogP contribution in [0.2, 0.25) is 0 Å². The summed E-state index contributed by atoms with van der Waals surface area (Å²) in [7, 11) is 0. The molecule has 0 spiro atoms. The molecule has 0 aromatic heterocycles. The number of amides is 2. The molecule has 0 radical (unpaired) electrons. The van der Waals surface area contributed by atoms with Crippen LogP contribution in [0.4, 0.5) is 5.69 Å². The maximum absolute atomic E-state index is 11.8. The fraction of sp³-hybridized carbons (Fsp3) is 0.118. The predicted octanol–water partition coefficient (Wildman–Crippen LogP) is 2.64. The van der Waals surface area contributed by atoms with Gasteiger partial charge in [0, 0.05) is 10.2 Å². The number of benzene rings is 2. The highest BCUT2D eigenvalue weighted by molar-refractivity contribution is 9.10. The van der Waals surface area contributed by atoms with Gasteiger partial charge in [-0.15, -0.1) is 0 Å². The van der Waals surface area contributed by atoms with Gasteiger partial charge < -0.3 is 15.2 Å². The number of aromatic hydroxyl groups is 1. The molecule has 0 fully saturated rings. The van der Waals surface area contributed by atoms with Gasteiger partial charge >= 0.3 is 11.8 Å². The molecule has 0 bridgehead atoms. The van der Waals surface area contributed by atoms with E-state index in [2.05, 4.69) is 31.8 Å². The third-order valence-electron chi connectivity index (χ3n) is 2.95. The third-order valence-corrected chi connectivity index (χ3v) is 3.45. The fourth-order valence-electron chi connectivity index (χ4n) is 1.85. The second-order valence-electron chi connectivity index (χ2n) is 4.82. The molecule has 130 valence electrons. The van der Waals surface area contributed by atoms with Gasteiger partial charge in [-0.3, -0.25) is 9.59 Å². The van der Waals surface area contributed by atoms with E-state index in [-0.39, 0.29) is 5.75 Å². The molecule has 0 aliphatic heterocycles. The molecule has 8 heteroatoms. The van der Waals surface area contributed by atoms with E-state index in [0.29, 0.717) is 23.6 Å². The molecule has 2 amide bonds. The van der Waals surface area contributed by atoms with E-state index in [0.717, 1.165) is 4.47 Å². The number of anilines is 1. The lowest BCUT2D eigenvalue weighted by Crippen LogP contribution is -2.32. The molecule has 7 nitrogen and oxygen atoms in total. The van der Waals surface area contributed by atoms with Crippen molar-refractivity contribution < 1.29 is 19.4 Å². The topological polar surface area (TPSA) is 100 Å². The summed E-state index contributed by atoms with van der Waals surface area (Å²) in [5.41, 5.74) is 3.21. The van der Waals surface area contributed by atoms with Gasteiger partial charge in [0.05, 0.1) is 12.8 Å². The number of carbonyl (C=O) groups is 2. The minimum absolute atomic E-state index is 0.0106. The number of nitrogens with zero attached hydrogens (tertiary/aromatic N) is 1. The normalized spacial score (nSPS) is 10.5. The third kappa shape index (κ3) is 5.61. The van der Waals surface area contributed by atoms with Crippen molar-refractivity contribution in [2.24, 2.45) is 5.10 Å². The summed E-state index contributed by atoms with van der Waals surface area (Å²) < 4.78 is 6.03. The Bertz CT molecular complexity index is 808. The summed E-state index contributed by atoms with van der Waals surface area (Å²) in [4.78, 5) is 23.5. The molecule has 0 unspecified atom stereocenters. The number of hydrogen-bond donors (Lipinski definition) is 3. The van der Waals surface area contributed by atoms with Crippen LogP contribution >= 0.6 is 15.9 Å². The van der Waals surface area contributed by atoms with Gasteiger partial charge in [0.2, 0.25) is 0 Å².